The van der Waals surface area contributed by atoms with Gasteiger partial charge in [0.1, 0.15) is 12.4 Å². The van der Waals surface area contributed by atoms with Crippen molar-refractivity contribution in [2.75, 3.05) is 7.05 Å². The van der Waals surface area contributed by atoms with Crippen LogP contribution in [0.25, 0.3) is 0 Å². The summed E-state index contributed by atoms with van der Waals surface area (Å²) in [5, 5.41) is 8.06. The standard InChI is InChI=1S/C13H16ClN3O/c1-15-8-11-12(14)4-3-5-13(11)18-9-10-6-7-17(2)16-10/h3-7,15H,8-9H2,1-2H3. The van der Waals surface area contributed by atoms with Crippen LogP contribution in [0.3, 0.4) is 0 Å². The Hall–Kier alpha value is -1.52. The summed E-state index contributed by atoms with van der Waals surface area (Å²) in [6.45, 7) is 1.12. The summed E-state index contributed by atoms with van der Waals surface area (Å²) in [5.74, 6) is 0.794. The molecule has 4 nitrogen and oxygen atoms in total. The number of aryl methyl sites for hydroxylation is 1. The lowest BCUT2D eigenvalue weighted by Crippen LogP contribution is -2.08. The Morgan fingerprint density at radius 3 is 2.89 bits per heavy atom. The molecule has 1 aromatic carbocycles. The highest BCUT2D eigenvalue weighted by atomic mass is 35.5. The topological polar surface area (TPSA) is 39.1 Å². The molecule has 0 radical (unpaired) electrons. The number of rotatable bonds is 5. The van der Waals surface area contributed by atoms with Crippen molar-refractivity contribution in [3.05, 3.63) is 46.7 Å². The number of ether oxygens (including phenoxy) is 1. The minimum absolute atomic E-state index is 0.442. The largest absolute Gasteiger partial charge is 0.487 e. The Balaban J connectivity index is 2.11. The van der Waals surface area contributed by atoms with Gasteiger partial charge in [0.2, 0.25) is 0 Å². The molecule has 1 N–H and O–H groups in total. The fourth-order valence-electron chi connectivity index (χ4n) is 1.71. The van der Waals surface area contributed by atoms with E-state index in [4.69, 9.17) is 16.3 Å². The SMILES string of the molecule is CNCc1c(Cl)cccc1OCc1ccn(C)n1. The minimum atomic E-state index is 0.442. The van der Waals surface area contributed by atoms with Crippen LogP contribution in [-0.4, -0.2) is 16.8 Å². The molecular weight excluding hydrogens is 250 g/mol. The molecule has 0 fully saturated rings. The Labute approximate surface area is 112 Å². The first-order valence-electron chi connectivity index (χ1n) is 5.74. The predicted octanol–water partition coefficient (Wildman–Crippen LogP) is 2.37. The Bertz CT molecular complexity index is 525. The molecule has 0 aliphatic rings. The zero-order chi connectivity index (χ0) is 13.0. The molecule has 0 atom stereocenters. The molecule has 0 unspecified atom stereocenters. The second-order valence-electron chi connectivity index (χ2n) is 4.02. The predicted molar refractivity (Wildman–Crippen MR) is 71.8 cm³/mol. The number of hydrogen-bond acceptors (Lipinski definition) is 3. The molecule has 18 heavy (non-hydrogen) atoms. The van der Waals surface area contributed by atoms with E-state index in [2.05, 4.69) is 10.4 Å². The number of nitrogens with zero attached hydrogens (tertiary/aromatic N) is 2. The van der Waals surface area contributed by atoms with Crippen molar-refractivity contribution in [2.45, 2.75) is 13.2 Å². The van der Waals surface area contributed by atoms with Gasteiger partial charge in [-0.3, -0.25) is 4.68 Å². The lowest BCUT2D eigenvalue weighted by Gasteiger charge is -2.11. The summed E-state index contributed by atoms with van der Waals surface area (Å²) < 4.78 is 7.52. The first-order chi connectivity index (χ1) is 8.70. The molecule has 2 rings (SSSR count). The smallest absolute Gasteiger partial charge is 0.132 e. The third-order valence-corrected chi connectivity index (χ3v) is 2.93. The average molecular weight is 266 g/mol. The van der Waals surface area contributed by atoms with E-state index < -0.39 is 0 Å². The van der Waals surface area contributed by atoms with E-state index >= 15 is 0 Å². The van der Waals surface area contributed by atoms with Gasteiger partial charge in [-0.1, -0.05) is 17.7 Å². The summed E-state index contributed by atoms with van der Waals surface area (Å²) >= 11 is 6.15. The number of hydrogen-bond donors (Lipinski definition) is 1. The summed E-state index contributed by atoms with van der Waals surface area (Å²) in [6.07, 6.45) is 1.89. The van der Waals surface area contributed by atoms with Crippen LogP contribution in [0, 0.1) is 0 Å². The van der Waals surface area contributed by atoms with Crippen LogP contribution in [0.1, 0.15) is 11.3 Å². The first kappa shape index (κ1) is 12.9. The van der Waals surface area contributed by atoms with E-state index in [9.17, 15) is 0 Å². The zero-order valence-electron chi connectivity index (χ0n) is 10.5. The van der Waals surface area contributed by atoms with Crippen LogP contribution in [-0.2, 0) is 20.2 Å². The highest BCUT2D eigenvalue weighted by molar-refractivity contribution is 6.31. The first-order valence-corrected chi connectivity index (χ1v) is 6.12. The lowest BCUT2D eigenvalue weighted by atomic mass is 10.2. The molecule has 0 saturated carbocycles. The van der Waals surface area contributed by atoms with Gasteiger partial charge in [-0.2, -0.15) is 5.10 Å². The van der Waals surface area contributed by atoms with E-state index in [1.54, 1.807) is 4.68 Å². The van der Waals surface area contributed by atoms with Gasteiger partial charge in [0.25, 0.3) is 0 Å². The van der Waals surface area contributed by atoms with Crippen molar-refractivity contribution in [1.82, 2.24) is 15.1 Å². The highest BCUT2D eigenvalue weighted by Crippen LogP contribution is 2.26. The number of nitrogens with one attached hydrogen (secondary N) is 1. The molecule has 0 aliphatic heterocycles. The molecule has 0 aliphatic carbocycles. The molecule has 0 amide bonds. The van der Waals surface area contributed by atoms with Crippen molar-refractivity contribution in [3.63, 3.8) is 0 Å². The second kappa shape index (κ2) is 5.89. The molecule has 1 heterocycles. The monoisotopic (exact) mass is 265 g/mol. The summed E-state index contributed by atoms with van der Waals surface area (Å²) in [4.78, 5) is 0. The van der Waals surface area contributed by atoms with Gasteiger partial charge in [-0.05, 0) is 25.2 Å². The fourth-order valence-corrected chi connectivity index (χ4v) is 1.95. The van der Waals surface area contributed by atoms with E-state index in [0.29, 0.717) is 18.2 Å². The van der Waals surface area contributed by atoms with Crippen LogP contribution < -0.4 is 10.1 Å². The van der Waals surface area contributed by atoms with Gasteiger partial charge in [0.15, 0.2) is 0 Å². The highest BCUT2D eigenvalue weighted by Gasteiger charge is 2.08. The third-order valence-electron chi connectivity index (χ3n) is 2.57. The Morgan fingerprint density at radius 2 is 2.22 bits per heavy atom. The summed E-state index contributed by atoms with van der Waals surface area (Å²) in [6, 6.07) is 7.60. The van der Waals surface area contributed by atoms with E-state index in [-0.39, 0.29) is 0 Å². The maximum atomic E-state index is 6.15. The van der Waals surface area contributed by atoms with Crippen LogP contribution >= 0.6 is 11.6 Å². The van der Waals surface area contributed by atoms with Crippen molar-refractivity contribution >= 4 is 11.6 Å². The minimum Gasteiger partial charge on any atom is -0.487 e. The van der Waals surface area contributed by atoms with Crippen molar-refractivity contribution in [3.8, 4) is 5.75 Å². The van der Waals surface area contributed by atoms with E-state index in [1.807, 2.05) is 44.6 Å². The molecule has 0 spiro atoms. The van der Waals surface area contributed by atoms with Crippen LogP contribution in [0.4, 0.5) is 0 Å². The van der Waals surface area contributed by atoms with Gasteiger partial charge < -0.3 is 10.1 Å². The number of halogens is 1. The zero-order valence-corrected chi connectivity index (χ0v) is 11.2. The molecule has 0 bridgehead atoms. The molecular formula is C13H16ClN3O. The maximum Gasteiger partial charge on any atom is 0.132 e. The number of aromatic nitrogens is 2. The van der Waals surface area contributed by atoms with Crippen molar-refractivity contribution in [2.24, 2.45) is 7.05 Å². The quantitative estimate of drug-likeness (QED) is 0.902. The Kier molecular flexibility index (Phi) is 4.23. The van der Waals surface area contributed by atoms with Crippen LogP contribution in [0.5, 0.6) is 5.75 Å². The molecule has 96 valence electrons. The maximum absolute atomic E-state index is 6.15. The molecule has 0 saturated heterocycles. The second-order valence-corrected chi connectivity index (χ2v) is 4.42. The average Bonchev–Trinajstić information content (AvgIpc) is 2.76. The van der Waals surface area contributed by atoms with Gasteiger partial charge in [-0.15, -0.1) is 0 Å². The summed E-state index contributed by atoms with van der Waals surface area (Å²) in [7, 11) is 3.77. The van der Waals surface area contributed by atoms with Crippen LogP contribution in [0.15, 0.2) is 30.5 Å². The van der Waals surface area contributed by atoms with Crippen molar-refractivity contribution in [1.29, 1.82) is 0 Å². The van der Waals surface area contributed by atoms with Crippen molar-refractivity contribution < 1.29 is 4.74 Å². The van der Waals surface area contributed by atoms with Gasteiger partial charge in [-0.25, -0.2) is 0 Å². The third kappa shape index (κ3) is 3.03. The lowest BCUT2D eigenvalue weighted by molar-refractivity contribution is 0.296. The van der Waals surface area contributed by atoms with Gasteiger partial charge in [0, 0.05) is 30.4 Å². The molecule has 5 heteroatoms. The van der Waals surface area contributed by atoms with Gasteiger partial charge in [0.05, 0.1) is 5.69 Å². The van der Waals surface area contributed by atoms with Crippen LogP contribution in [0.2, 0.25) is 5.02 Å². The van der Waals surface area contributed by atoms with Gasteiger partial charge >= 0.3 is 0 Å². The molecule has 1 aromatic heterocycles. The van der Waals surface area contributed by atoms with E-state index in [1.165, 1.54) is 0 Å². The molecule has 2 aromatic rings. The number of benzene rings is 1. The Morgan fingerprint density at radius 1 is 1.39 bits per heavy atom. The summed E-state index contributed by atoms with van der Waals surface area (Å²) in [5.41, 5.74) is 1.87. The van der Waals surface area contributed by atoms with E-state index in [0.717, 1.165) is 17.0 Å². The fraction of sp³-hybridized carbons (Fsp3) is 0.308. The normalized spacial score (nSPS) is 10.6.